The predicted octanol–water partition coefficient (Wildman–Crippen LogP) is 2.14. The van der Waals surface area contributed by atoms with Crippen LogP contribution in [0.2, 0.25) is 0 Å². The Bertz CT molecular complexity index is 654. The van der Waals surface area contributed by atoms with Crippen LogP contribution in [-0.2, 0) is 12.1 Å². The zero-order valence-electron chi connectivity index (χ0n) is 13.2. The molecule has 3 rings (SSSR count). The van der Waals surface area contributed by atoms with Gasteiger partial charge in [0.1, 0.15) is 5.82 Å². The molecule has 0 bridgehead atoms. The molecule has 0 unspecified atom stereocenters. The summed E-state index contributed by atoms with van der Waals surface area (Å²) >= 11 is 0. The molecule has 5 nitrogen and oxygen atoms in total. The molecule has 2 N–H and O–H groups in total. The van der Waals surface area contributed by atoms with Gasteiger partial charge in [-0.2, -0.15) is 0 Å². The molecule has 2 aromatic rings. The van der Waals surface area contributed by atoms with Gasteiger partial charge in [0.25, 0.3) is 0 Å². The van der Waals surface area contributed by atoms with Crippen LogP contribution in [0, 0.1) is 5.82 Å². The number of benzene rings is 1. The molecule has 122 valence electrons. The normalized spacial score (nSPS) is 17.9. The molecule has 23 heavy (non-hydrogen) atoms. The number of anilines is 1. The molecule has 6 heteroatoms. The summed E-state index contributed by atoms with van der Waals surface area (Å²) in [6, 6.07) is 6.49. The maximum atomic E-state index is 13.9. The average molecular weight is 316 g/mol. The van der Waals surface area contributed by atoms with Crippen molar-refractivity contribution in [2.75, 3.05) is 25.5 Å². The summed E-state index contributed by atoms with van der Waals surface area (Å²) in [6.07, 6.45) is 4.64. The third kappa shape index (κ3) is 3.48. The lowest BCUT2D eigenvalue weighted by atomic mass is 9.84. The fourth-order valence-corrected chi connectivity index (χ4v) is 3.01. The van der Waals surface area contributed by atoms with E-state index >= 15 is 0 Å². The Kier molecular flexibility index (Phi) is 4.54. The second-order valence-corrected chi connectivity index (χ2v) is 5.95. The van der Waals surface area contributed by atoms with Gasteiger partial charge in [0.05, 0.1) is 5.60 Å². The first-order valence-corrected chi connectivity index (χ1v) is 7.79. The summed E-state index contributed by atoms with van der Waals surface area (Å²) in [5.74, 6) is 0.265. The Hall–Kier alpha value is -2.05. The third-order valence-corrected chi connectivity index (χ3v) is 4.39. The van der Waals surface area contributed by atoms with E-state index in [0.29, 0.717) is 37.4 Å². The topological polar surface area (TPSA) is 61.3 Å². The minimum Gasteiger partial charge on any atom is -0.385 e. The number of rotatable bonds is 4. The number of hydrogen-bond acceptors (Lipinski definition) is 5. The van der Waals surface area contributed by atoms with Gasteiger partial charge >= 0.3 is 0 Å². The van der Waals surface area contributed by atoms with E-state index in [2.05, 4.69) is 20.2 Å². The van der Waals surface area contributed by atoms with Gasteiger partial charge < -0.3 is 10.4 Å². The van der Waals surface area contributed by atoms with Crippen molar-refractivity contribution in [3.8, 4) is 0 Å². The molecule has 1 saturated heterocycles. The van der Waals surface area contributed by atoms with E-state index in [4.69, 9.17) is 0 Å². The van der Waals surface area contributed by atoms with Crippen molar-refractivity contribution >= 4 is 5.95 Å². The van der Waals surface area contributed by atoms with Crippen LogP contribution >= 0.6 is 0 Å². The highest BCUT2D eigenvalue weighted by Gasteiger charge is 2.35. The molecular weight excluding hydrogens is 295 g/mol. The lowest BCUT2D eigenvalue weighted by Crippen LogP contribution is -2.42. The summed E-state index contributed by atoms with van der Waals surface area (Å²) in [7, 11) is 1.78. The maximum Gasteiger partial charge on any atom is 0.222 e. The van der Waals surface area contributed by atoms with Gasteiger partial charge in [-0.05, 0) is 18.9 Å². The van der Waals surface area contributed by atoms with Crippen LogP contribution < -0.4 is 5.32 Å². The van der Waals surface area contributed by atoms with Crippen molar-refractivity contribution in [1.82, 2.24) is 14.9 Å². The van der Waals surface area contributed by atoms with Crippen molar-refractivity contribution < 1.29 is 9.50 Å². The molecule has 0 spiro atoms. The minimum absolute atomic E-state index is 0.334. The smallest absolute Gasteiger partial charge is 0.222 e. The summed E-state index contributed by atoms with van der Waals surface area (Å²) in [5, 5.41) is 13.7. The van der Waals surface area contributed by atoms with Crippen LogP contribution in [0.4, 0.5) is 10.3 Å². The Morgan fingerprint density at radius 3 is 2.48 bits per heavy atom. The molecule has 0 saturated carbocycles. The molecule has 2 heterocycles. The molecule has 1 aliphatic heterocycles. The molecule has 1 aliphatic rings. The lowest BCUT2D eigenvalue weighted by Gasteiger charge is -2.38. The van der Waals surface area contributed by atoms with Crippen LogP contribution in [0.3, 0.4) is 0 Å². The van der Waals surface area contributed by atoms with E-state index < -0.39 is 5.60 Å². The fraction of sp³-hybridized carbons (Fsp3) is 0.412. The van der Waals surface area contributed by atoms with Gasteiger partial charge in [0.15, 0.2) is 0 Å². The van der Waals surface area contributed by atoms with Gasteiger partial charge in [0, 0.05) is 50.2 Å². The zero-order chi connectivity index (χ0) is 16.3. The van der Waals surface area contributed by atoms with Crippen molar-refractivity contribution in [1.29, 1.82) is 0 Å². The van der Waals surface area contributed by atoms with Crippen molar-refractivity contribution in [3.05, 3.63) is 53.6 Å². The maximum absolute atomic E-state index is 13.9. The zero-order valence-corrected chi connectivity index (χ0v) is 13.2. The number of likely N-dealkylation sites (tertiary alicyclic amines) is 1. The van der Waals surface area contributed by atoms with Crippen LogP contribution in [0.15, 0.2) is 36.7 Å². The average Bonchev–Trinajstić information content (AvgIpc) is 2.58. The Morgan fingerprint density at radius 1 is 1.22 bits per heavy atom. The summed E-state index contributed by atoms with van der Waals surface area (Å²) in [5.41, 5.74) is 0.357. The van der Waals surface area contributed by atoms with Crippen molar-refractivity contribution in [2.24, 2.45) is 0 Å². The van der Waals surface area contributed by atoms with Gasteiger partial charge in [-0.1, -0.05) is 18.2 Å². The molecule has 0 amide bonds. The van der Waals surface area contributed by atoms with Crippen LogP contribution in [0.25, 0.3) is 0 Å². The molecule has 1 aromatic heterocycles. The first kappa shape index (κ1) is 15.8. The van der Waals surface area contributed by atoms with Gasteiger partial charge in [0.2, 0.25) is 5.95 Å². The molecule has 0 atom stereocenters. The number of hydrogen-bond donors (Lipinski definition) is 2. The highest BCUT2D eigenvalue weighted by atomic mass is 19.1. The summed E-state index contributed by atoms with van der Waals surface area (Å²) in [6.45, 7) is 2.15. The van der Waals surface area contributed by atoms with Crippen molar-refractivity contribution in [3.63, 3.8) is 0 Å². The lowest BCUT2D eigenvalue weighted by molar-refractivity contribution is -0.0303. The SMILES string of the molecule is CNc1ncc(CN2CCC(O)(c3ccccc3F)CC2)cn1. The molecule has 0 aliphatic carbocycles. The number of aliphatic hydroxyl groups is 1. The summed E-state index contributed by atoms with van der Waals surface area (Å²) < 4.78 is 13.9. The number of piperidine rings is 1. The van der Waals surface area contributed by atoms with E-state index in [-0.39, 0.29) is 5.82 Å². The number of halogens is 1. The second-order valence-electron chi connectivity index (χ2n) is 5.95. The predicted molar refractivity (Wildman–Crippen MR) is 86.4 cm³/mol. The highest BCUT2D eigenvalue weighted by molar-refractivity contribution is 5.25. The van der Waals surface area contributed by atoms with Gasteiger partial charge in [-0.25, -0.2) is 14.4 Å². The van der Waals surface area contributed by atoms with Crippen molar-refractivity contribution in [2.45, 2.75) is 25.0 Å². The van der Waals surface area contributed by atoms with Gasteiger partial charge in [-0.15, -0.1) is 0 Å². The van der Waals surface area contributed by atoms with E-state index in [1.807, 2.05) is 0 Å². The Balaban J connectivity index is 1.62. The van der Waals surface area contributed by atoms with E-state index in [0.717, 1.165) is 12.1 Å². The number of aromatic nitrogens is 2. The van der Waals surface area contributed by atoms with Gasteiger partial charge in [-0.3, -0.25) is 4.90 Å². The number of nitrogens with zero attached hydrogens (tertiary/aromatic N) is 3. The Morgan fingerprint density at radius 2 is 1.87 bits per heavy atom. The quantitative estimate of drug-likeness (QED) is 0.905. The second kappa shape index (κ2) is 6.60. The van der Waals surface area contributed by atoms with Crippen LogP contribution in [-0.4, -0.2) is 40.1 Å². The Labute approximate surface area is 135 Å². The van der Waals surface area contributed by atoms with E-state index in [9.17, 15) is 9.50 Å². The molecule has 1 aromatic carbocycles. The molecule has 0 radical (unpaired) electrons. The monoisotopic (exact) mass is 316 g/mol. The van der Waals surface area contributed by atoms with E-state index in [1.165, 1.54) is 6.07 Å². The third-order valence-electron chi connectivity index (χ3n) is 4.39. The first-order valence-electron chi connectivity index (χ1n) is 7.79. The standard InChI is InChI=1S/C17H21FN4O/c1-19-16-20-10-13(11-21-16)12-22-8-6-17(23,7-9-22)14-4-2-3-5-15(14)18/h2-5,10-11,23H,6-9,12H2,1H3,(H,19,20,21). The van der Waals surface area contributed by atoms with E-state index in [1.54, 1.807) is 37.6 Å². The largest absolute Gasteiger partial charge is 0.385 e. The highest BCUT2D eigenvalue weighted by Crippen LogP contribution is 2.34. The van der Waals surface area contributed by atoms with Crippen LogP contribution in [0.1, 0.15) is 24.0 Å². The fourth-order valence-electron chi connectivity index (χ4n) is 3.01. The first-order chi connectivity index (χ1) is 11.1. The molecule has 1 fully saturated rings. The minimum atomic E-state index is -1.08. The summed E-state index contributed by atoms with van der Waals surface area (Å²) in [4.78, 5) is 10.6. The van der Waals surface area contributed by atoms with Crippen LogP contribution in [0.5, 0.6) is 0 Å². The molecular formula is C17H21FN4O. The number of nitrogens with one attached hydrogen (secondary N) is 1.